The second-order valence-corrected chi connectivity index (χ2v) is 14.4. The van der Waals surface area contributed by atoms with E-state index >= 15 is 0 Å². The van der Waals surface area contributed by atoms with Crippen LogP contribution >= 0.6 is 23.2 Å². The molecule has 0 bridgehead atoms. The zero-order chi connectivity index (χ0) is 33.1. The fraction of sp³-hybridized carbons (Fsp3) is 0.429. The number of amides is 2. The molecule has 1 N–H and O–H groups in total. The Morgan fingerprint density at radius 2 is 1.67 bits per heavy atom. The fourth-order valence-electron chi connectivity index (χ4n) is 5.85. The van der Waals surface area contributed by atoms with E-state index < -0.39 is 16.1 Å². The summed E-state index contributed by atoms with van der Waals surface area (Å²) in [5, 5.41) is 4.09. The number of ether oxygens (including phenoxy) is 1. The molecule has 0 aromatic heterocycles. The molecule has 248 valence electrons. The van der Waals surface area contributed by atoms with Crippen molar-refractivity contribution in [2.75, 3.05) is 23.7 Å². The minimum atomic E-state index is -3.69. The van der Waals surface area contributed by atoms with Crippen molar-refractivity contribution >= 4 is 50.7 Å². The fourth-order valence-corrected chi connectivity index (χ4v) is 7.29. The number of benzene rings is 3. The van der Waals surface area contributed by atoms with Crippen LogP contribution in [0.2, 0.25) is 10.0 Å². The van der Waals surface area contributed by atoms with E-state index in [-0.39, 0.29) is 43.8 Å². The van der Waals surface area contributed by atoms with Gasteiger partial charge >= 0.3 is 0 Å². The highest BCUT2D eigenvalue weighted by molar-refractivity contribution is 7.92. The van der Waals surface area contributed by atoms with Gasteiger partial charge in [0.2, 0.25) is 21.8 Å². The van der Waals surface area contributed by atoms with E-state index in [1.54, 1.807) is 47.4 Å². The molecule has 0 radical (unpaired) electrons. The van der Waals surface area contributed by atoms with Gasteiger partial charge in [0.05, 0.1) is 18.6 Å². The number of nitrogens with zero attached hydrogens (tertiary/aromatic N) is 2. The lowest BCUT2D eigenvalue weighted by Gasteiger charge is -2.34. The first kappa shape index (κ1) is 35.6. The molecule has 4 rings (SSSR count). The summed E-state index contributed by atoms with van der Waals surface area (Å²) in [5.74, 6) is -0.0436. The Morgan fingerprint density at radius 3 is 2.35 bits per heavy atom. The van der Waals surface area contributed by atoms with Crippen LogP contribution in [-0.4, -0.2) is 56.6 Å². The van der Waals surface area contributed by atoms with E-state index in [0.29, 0.717) is 40.1 Å². The molecule has 8 nitrogen and oxygen atoms in total. The maximum atomic E-state index is 14.2. The van der Waals surface area contributed by atoms with Crippen LogP contribution in [0.25, 0.3) is 0 Å². The van der Waals surface area contributed by atoms with Crippen molar-refractivity contribution in [3.8, 4) is 5.75 Å². The van der Waals surface area contributed by atoms with Gasteiger partial charge in [0, 0.05) is 42.0 Å². The monoisotopic (exact) mass is 687 g/mol. The topological polar surface area (TPSA) is 96.0 Å². The molecule has 0 saturated heterocycles. The van der Waals surface area contributed by atoms with Crippen LogP contribution < -0.4 is 14.4 Å². The van der Waals surface area contributed by atoms with Crippen molar-refractivity contribution in [2.24, 2.45) is 0 Å². The van der Waals surface area contributed by atoms with Gasteiger partial charge in [0.15, 0.2) is 0 Å². The van der Waals surface area contributed by atoms with Crippen molar-refractivity contribution in [3.05, 3.63) is 94.0 Å². The SMILES string of the molecule is CCOc1ccccc1N(CCCC(=O)N(Cc1ccc(Cl)cc1Cl)C(Cc1ccccc1)C(=O)NC1CCCCC1)S(C)(=O)=O. The standard InChI is InChI=1S/C35H43Cl2N3O5S/c1-3-45-33-18-11-10-17-31(33)40(46(2,43)44)22-12-19-34(41)39(25-27-20-21-28(36)24-30(27)37)32(23-26-13-6-4-7-14-26)35(42)38-29-15-8-5-9-16-29/h4,6-7,10-11,13-14,17-18,20-21,24,29,32H,3,5,8-9,12,15-16,19,22-23,25H2,1-2H3,(H,38,42). The first-order valence-electron chi connectivity index (χ1n) is 15.8. The number of nitrogens with one attached hydrogen (secondary N) is 1. The molecule has 0 spiro atoms. The normalized spacial score (nSPS) is 14.3. The van der Waals surface area contributed by atoms with Crippen molar-refractivity contribution in [2.45, 2.75) is 76.9 Å². The van der Waals surface area contributed by atoms with Gasteiger partial charge in [-0.25, -0.2) is 8.42 Å². The summed E-state index contributed by atoms with van der Waals surface area (Å²) in [6.07, 6.45) is 6.76. The molecular formula is C35H43Cl2N3O5S. The smallest absolute Gasteiger partial charge is 0.243 e. The van der Waals surface area contributed by atoms with Crippen LogP contribution in [0.1, 0.15) is 63.0 Å². The molecule has 1 atom stereocenters. The molecule has 1 fully saturated rings. The lowest BCUT2D eigenvalue weighted by molar-refractivity contribution is -0.141. The average molecular weight is 689 g/mol. The highest BCUT2D eigenvalue weighted by atomic mass is 35.5. The zero-order valence-electron chi connectivity index (χ0n) is 26.5. The number of carbonyl (C=O) groups is 2. The van der Waals surface area contributed by atoms with Crippen molar-refractivity contribution in [1.82, 2.24) is 10.2 Å². The molecule has 1 saturated carbocycles. The summed E-state index contributed by atoms with van der Waals surface area (Å²) < 4.78 is 32.7. The van der Waals surface area contributed by atoms with E-state index in [1.165, 1.54) is 4.31 Å². The van der Waals surface area contributed by atoms with Crippen LogP contribution in [0.5, 0.6) is 5.75 Å². The summed E-state index contributed by atoms with van der Waals surface area (Å²) in [4.78, 5) is 29.8. The zero-order valence-corrected chi connectivity index (χ0v) is 28.8. The second-order valence-electron chi connectivity index (χ2n) is 11.6. The number of para-hydroxylation sites is 2. The Labute approximate surface area is 283 Å². The van der Waals surface area contributed by atoms with Gasteiger partial charge in [0.1, 0.15) is 11.8 Å². The van der Waals surface area contributed by atoms with Crippen LogP contribution in [0.4, 0.5) is 5.69 Å². The first-order chi connectivity index (χ1) is 22.1. The van der Waals surface area contributed by atoms with Crippen molar-refractivity contribution in [1.29, 1.82) is 0 Å². The quantitative estimate of drug-likeness (QED) is 0.185. The van der Waals surface area contributed by atoms with Crippen LogP contribution in [0.3, 0.4) is 0 Å². The maximum absolute atomic E-state index is 14.2. The van der Waals surface area contributed by atoms with E-state index in [9.17, 15) is 18.0 Å². The van der Waals surface area contributed by atoms with Gasteiger partial charge in [-0.15, -0.1) is 0 Å². The van der Waals surface area contributed by atoms with Gasteiger partial charge in [0.25, 0.3) is 0 Å². The van der Waals surface area contributed by atoms with Gasteiger partial charge in [-0.1, -0.05) is 91.0 Å². The minimum Gasteiger partial charge on any atom is -0.492 e. The van der Waals surface area contributed by atoms with E-state index in [4.69, 9.17) is 27.9 Å². The molecule has 2 amide bonds. The molecule has 1 aliphatic rings. The Kier molecular flexibility index (Phi) is 13.2. The molecule has 1 aliphatic carbocycles. The maximum Gasteiger partial charge on any atom is 0.243 e. The number of hydrogen-bond acceptors (Lipinski definition) is 5. The lowest BCUT2D eigenvalue weighted by atomic mass is 9.94. The van der Waals surface area contributed by atoms with Gasteiger partial charge < -0.3 is 15.0 Å². The Bertz CT molecular complexity index is 1570. The summed E-state index contributed by atoms with van der Waals surface area (Å²) in [7, 11) is -3.69. The Hall–Kier alpha value is -3.27. The summed E-state index contributed by atoms with van der Waals surface area (Å²) in [6.45, 7) is 2.36. The molecule has 1 unspecified atom stereocenters. The lowest BCUT2D eigenvalue weighted by Crippen LogP contribution is -2.53. The molecular weight excluding hydrogens is 645 g/mol. The van der Waals surface area contributed by atoms with Gasteiger partial charge in [-0.3, -0.25) is 13.9 Å². The van der Waals surface area contributed by atoms with E-state index in [1.807, 2.05) is 37.3 Å². The third-order valence-corrected chi connectivity index (χ3v) is 9.93. The Balaban J connectivity index is 1.62. The minimum absolute atomic E-state index is 0.00995. The first-order valence-corrected chi connectivity index (χ1v) is 18.4. The van der Waals surface area contributed by atoms with Gasteiger partial charge in [-0.2, -0.15) is 0 Å². The molecule has 0 aliphatic heterocycles. The van der Waals surface area contributed by atoms with Crippen molar-refractivity contribution < 1.29 is 22.7 Å². The largest absolute Gasteiger partial charge is 0.492 e. The van der Waals surface area contributed by atoms with Crippen molar-refractivity contribution in [3.63, 3.8) is 0 Å². The summed E-state index contributed by atoms with van der Waals surface area (Å²) in [6, 6.07) is 20.9. The third-order valence-electron chi connectivity index (χ3n) is 8.16. The predicted molar refractivity (Wildman–Crippen MR) is 185 cm³/mol. The Morgan fingerprint density at radius 1 is 0.978 bits per heavy atom. The molecule has 3 aromatic carbocycles. The summed E-state index contributed by atoms with van der Waals surface area (Å²) >= 11 is 12.7. The van der Waals surface area contributed by atoms with E-state index in [2.05, 4.69) is 5.32 Å². The predicted octanol–water partition coefficient (Wildman–Crippen LogP) is 7.03. The molecule has 11 heteroatoms. The number of hydrogen-bond donors (Lipinski definition) is 1. The van der Waals surface area contributed by atoms with Gasteiger partial charge in [-0.05, 0) is 61.6 Å². The number of anilines is 1. The third kappa shape index (κ3) is 10.1. The highest BCUT2D eigenvalue weighted by Gasteiger charge is 2.32. The number of halogens is 2. The number of sulfonamides is 1. The average Bonchev–Trinajstić information content (AvgIpc) is 3.03. The molecule has 46 heavy (non-hydrogen) atoms. The van der Waals surface area contributed by atoms with E-state index in [0.717, 1.165) is 43.9 Å². The molecule has 3 aromatic rings. The van der Waals surface area contributed by atoms with Crippen LogP contribution in [0.15, 0.2) is 72.8 Å². The molecule has 0 heterocycles. The number of rotatable bonds is 15. The second kappa shape index (κ2) is 17.0. The van der Waals surface area contributed by atoms with Crippen LogP contribution in [0, 0.1) is 0 Å². The highest BCUT2D eigenvalue weighted by Crippen LogP contribution is 2.31. The summed E-state index contributed by atoms with van der Waals surface area (Å²) in [5.41, 5.74) is 1.99. The van der Waals surface area contributed by atoms with Crippen LogP contribution in [-0.2, 0) is 32.6 Å². The number of carbonyl (C=O) groups excluding carboxylic acids is 2.